The Bertz CT molecular complexity index is 197. The van der Waals surface area contributed by atoms with Crippen LogP contribution in [0.5, 0.6) is 0 Å². The summed E-state index contributed by atoms with van der Waals surface area (Å²) in [5.74, 6) is 3.02. The minimum atomic E-state index is -0.0485. The van der Waals surface area contributed by atoms with Crippen molar-refractivity contribution < 1.29 is 9.53 Å². The molecule has 0 amide bonds. The Kier molecular flexibility index (Phi) is 4.30. The lowest BCUT2D eigenvalue weighted by atomic mass is 10.1. The molecule has 3 heteroatoms. The average Bonchev–Trinajstić information content (AvgIpc) is 2.84. The van der Waals surface area contributed by atoms with Crippen LogP contribution in [0.25, 0.3) is 0 Å². The Hall–Kier alpha value is -0.180. The summed E-state index contributed by atoms with van der Waals surface area (Å²) in [4.78, 5) is 11.1. The van der Waals surface area contributed by atoms with Gasteiger partial charge in [-0.1, -0.05) is 13.8 Å². The zero-order valence-electron chi connectivity index (χ0n) is 9.34. The van der Waals surface area contributed by atoms with Gasteiger partial charge in [0.2, 0.25) is 0 Å². The minimum absolute atomic E-state index is 0.0485. The molecule has 0 spiro atoms. The maximum Gasteiger partial charge on any atom is 0.306 e. The third kappa shape index (κ3) is 3.91. The molecule has 0 aliphatic heterocycles. The Labute approximate surface area is 90.8 Å². The molecule has 0 saturated heterocycles. The van der Waals surface area contributed by atoms with E-state index in [4.69, 9.17) is 4.74 Å². The van der Waals surface area contributed by atoms with Crippen molar-refractivity contribution in [2.24, 2.45) is 11.3 Å². The number of esters is 1. The van der Waals surface area contributed by atoms with Crippen LogP contribution in [-0.2, 0) is 9.53 Å². The van der Waals surface area contributed by atoms with E-state index in [2.05, 4.69) is 13.8 Å². The lowest BCUT2D eigenvalue weighted by Gasteiger charge is -2.13. The Morgan fingerprint density at radius 2 is 2.14 bits per heavy atom. The van der Waals surface area contributed by atoms with Gasteiger partial charge >= 0.3 is 5.97 Å². The molecule has 1 aliphatic carbocycles. The number of ether oxygens (including phenoxy) is 1. The van der Waals surface area contributed by atoms with E-state index in [1.54, 1.807) is 0 Å². The van der Waals surface area contributed by atoms with Crippen LogP contribution in [0.3, 0.4) is 0 Å². The molecule has 1 rings (SSSR count). The van der Waals surface area contributed by atoms with Gasteiger partial charge in [0.05, 0.1) is 13.5 Å². The number of hydrogen-bond donors (Lipinski definition) is 0. The van der Waals surface area contributed by atoms with Gasteiger partial charge in [-0.25, -0.2) is 0 Å². The summed E-state index contributed by atoms with van der Waals surface area (Å²) in [6.45, 7) is 4.46. The van der Waals surface area contributed by atoms with E-state index in [-0.39, 0.29) is 5.97 Å². The molecule has 0 radical (unpaired) electrons. The fraction of sp³-hybridized carbons (Fsp3) is 0.909. The molecule has 82 valence electrons. The van der Waals surface area contributed by atoms with E-state index in [0.717, 1.165) is 11.7 Å². The second-order valence-corrected chi connectivity index (χ2v) is 5.69. The maximum absolute atomic E-state index is 11.1. The van der Waals surface area contributed by atoms with Crippen molar-refractivity contribution in [2.45, 2.75) is 33.1 Å². The van der Waals surface area contributed by atoms with Crippen LogP contribution in [0, 0.1) is 11.3 Å². The zero-order valence-corrected chi connectivity index (χ0v) is 10.2. The summed E-state index contributed by atoms with van der Waals surface area (Å²) in [7, 11) is 1.47. The molecular formula is C11H20O2S. The monoisotopic (exact) mass is 216 g/mol. The van der Waals surface area contributed by atoms with Gasteiger partial charge < -0.3 is 4.74 Å². The molecule has 1 saturated carbocycles. The summed E-state index contributed by atoms with van der Waals surface area (Å²) >= 11 is 1.98. The number of hydrogen-bond acceptors (Lipinski definition) is 3. The molecule has 0 atom stereocenters. The molecule has 0 bridgehead atoms. The first kappa shape index (κ1) is 11.9. The van der Waals surface area contributed by atoms with Crippen molar-refractivity contribution >= 4 is 17.7 Å². The topological polar surface area (TPSA) is 26.3 Å². The molecular weight excluding hydrogens is 196 g/mol. The van der Waals surface area contributed by atoms with E-state index in [1.807, 2.05) is 11.8 Å². The van der Waals surface area contributed by atoms with E-state index >= 15 is 0 Å². The largest absolute Gasteiger partial charge is 0.469 e. The average molecular weight is 216 g/mol. The molecule has 0 aromatic carbocycles. The smallest absolute Gasteiger partial charge is 0.306 e. The second kappa shape index (κ2) is 5.06. The third-order valence-electron chi connectivity index (χ3n) is 2.56. The van der Waals surface area contributed by atoms with Crippen LogP contribution in [0.4, 0.5) is 0 Å². The molecule has 1 aliphatic rings. The number of rotatable bonds is 6. The molecule has 1 fully saturated rings. The summed E-state index contributed by atoms with van der Waals surface area (Å²) in [6.07, 6.45) is 3.02. The van der Waals surface area contributed by atoms with Crippen LogP contribution < -0.4 is 0 Å². The van der Waals surface area contributed by atoms with Gasteiger partial charge in [-0.3, -0.25) is 4.79 Å². The van der Waals surface area contributed by atoms with Crippen LogP contribution in [0.15, 0.2) is 0 Å². The van der Waals surface area contributed by atoms with Gasteiger partial charge in [-0.05, 0) is 35.7 Å². The predicted octanol–water partition coefficient (Wildman–Crippen LogP) is 2.72. The van der Waals surface area contributed by atoms with Crippen LogP contribution in [0.2, 0.25) is 0 Å². The lowest BCUT2D eigenvalue weighted by Crippen LogP contribution is -2.13. The predicted molar refractivity (Wildman–Crippen MR) is 60.5 cm³/mol. The van der Waals surface area contributed by atoms with Gasteiger partial charge in [0.15, 0.2) is 0 Å². The van der Waals surface area contributed by atoms with Crippen LogP contribution >= 0.6 is 11.8 Å². The molecule has 0 unspecified atom stereocenters. The van der Waals surface area contributed by atoms with E-state index in [9.17, 15) is 4.79 Å². The van der Waals surface area contributed by atoms with Crippen LogP contribution in [-0.4, -0.2) is 24.6 Å². The maximum atomic E-state index is 11.1. The van der Waals surface area contributed by atoms with Crippen molar-refractivity contribution in [1.82, 2.24) is 0 Å². The van der Waals surface area contributed by atoms with Crippen LogP contribution in [0.1, 0.15) is 33.1 Å². The normalized spacial score (nSPS) is 18.3. The highest BCUT2D eigenvalue weighted by atomic mass is 32.2. The highest BCUT2D eigenvalue weighted by molar-refractivity contribution is 7.99. The van der Waals surface area contributed by atoms with Gasteiger partial charge in [-0.15, -0.1) is 0 Å². The molecule has 14 heavy (non-hydrogen) atoms. The van der Waals surface area contributed by atoms with Crippen molar-refractivity contribution in [3.8, 4) is 0 Å². The van der Waals surface area contributed by atoms with Crippen molar-refractivity contribution in [1.29, 1.82) is 0 Å². The van der Waals surface area contributed by atoms with Gasteiger partial charge in [-0.2, -0.15) is 11.8 Å². The minimum Gasteiger partial charge on any atom is -0.469 e. The Morgan fingerprint density at radius 3 is 2.57 bits per heavy atom. The number of methoxy groups -OCH3 is 1. The number of carbonyl (C=O) groups excluding carboxylic acids is 1. The Balaban J connectivity index is 2.19. The zero-order chi connectivity index (χ0) is 10.6. The van der Waals surface area contributed by atoms with Gasteiger partial charge in [0, 0.05) is 0 Å². The summed E-state index contributed by atoms with van der Waals surface area (Å²) in [5, 5.41) is 0. The quantitative estimate of drug-likeness (QED) is 0.639. The molecule has 0 N–H and O–H groups in total. The van der Waals surface area contributed by atoms with Gasteiger partial charge in [0.1, 0.15) is 0 Å². The summed E-state index contributed by atoms with van der Waals surface area (Å²) in [6, 6.07) is 0. The fourth-order valence-corrected chi connectivity index (χ4v) is 2.85. The number of thioether (sulfide) groups is 1. The molecule has 0 aromatic heterocycles. The van der Waals surface area contributed by atoms with Crippen molar-refractivity contribution in [3.05, 3.63) is 0 Å². The van der Waals surface area contributed by atoms with Crippen molar-refractivity contribution in [3.63, 3.8) is 0 Å². The van der Waals surface area contributed by atoms with E-state index < -0.39 is 0 Å². The highest BCUT2D eigenvalue weighted by Crippen LogP contribution is 2.51. The third-order valence-corrected chi connectivity index (χ3v) is 4.28. The lowest BCUT2D eigenvalue weighted by molar-refractivity contribution is -0.141. The highest BCUT2D eigenvalue weighted by Gasteiger charge is 2.44. The summed E-state index contributed by atoms with van der Waals surface area (Å²) < 4.78 is 4.71. The van der Waals surface area contributed by atoms with Gasteiger partial charge in [0.25, 0.3) is 0 Å². The fourth-order valence-electron chi connectivity index (χ4n) is 1.44. The van der Waals surface area contributed by atoms with E-state index in [1.165, 1.54) is 25.7 Å². The molecule has 0 aromatic rings. The molecule has 2 nitrogen and oxygen atoms in total. The first-order valence-corrected chi connectivity index (χ1v) is 6.38. The summed E-state index contributed by atoms with van der Waals surface area (Å²) in [5.41, 5.74) is 0.298. The number of carbonyl (C=O) groups is 1. The second-order valence-electron chi connectivity index (χ2n) is 4.66. The SMILES string of the molecule is COC(=O)CC1(CSCC(C)C)CC1. The van der Waals surface area contributed by atoms with Crippen molar-refractivity contribution in [2.75, 3.05) is 18.6 Å². The first-order valence-electron chi connectivity index (χ1n) is 5.22. The standard InChI is InChI=1S/C11H20O2S/c1-9(2)7-14-8-11(4-5-11)6-10(12)13-3/h9H,4-8H2,1-3H3. The Morgan fingerprint density at radius 1 is 1.50 bits per heavy atom. The molecule has 0 heterocycles. The first-order chi connectivity index (χ1) is 6.58. The van der Waals surface area contributed by atoms with E-state index in [0.29, 0.717) is 11.8 Å².